The van der Waals surface area contributed by atoms with E-state index in [1.165, 1.54) is 83.5 Å². The average molecular weight is 381 g/mol. The zero-order chi connectivity index (χ0) is 19.6. The quantitative estimate of drug-likeness (QED) is 0.285. The lowest BCUT2D eigenvalue weighted by atomic mass is 10.0. The molecule has 0 aromatic rings. The van der Waals surface area contributed by atoms with Gasteiger partial charge in [-0.1, -0.05) is 77.6 Å². The van der Waals surface area contributed by atoms with E-state index in [4.69, 9.17) is 0 Å². The predicted molar refractivity (Wildman–Crippen MR) is 114 cm³/mol. The van der Waals surface area contributed by atoms with Crippen LogP contribution in [0, 0.1) is 0 Å². The minimum Gasteiger partial charge on any atom is -0.356 e. The van der Waals surface area contributed by atoms with Crippen LogP contribution in [-0.4, -0.2) is 24.4 Å². The van der Waals surface area contributed by atoms with Crippen LogP contribution in [0.4, 0.5) is 0 Å². The normalized spacial score (nSPS) is 13.5. The number of carbonyl (C=O) groups is 2. The van der Waals surface area contributed by atoms with Crippen LogP contribution in [-0.2, 0) is 9.59 Å². The molecule has 2 N–H and O–H groups in total. The largest absolute Gasteiger partial charge is 0.356 e. The van der Waals surface area contributed by atoms with Gasteiger partial charge in [-0.25, -0.2) is 0 Å². The number of amides is 2. The van der Waals surface area contributed by atoms with Crippen molar-refractivity contribution in [1.29, 1.82) is 0 Å². The van der Waals surface area contributed by atoms with Gasteiger partial charge in [-0.2, -0.15) is 0 Å². The summed E-state index contributed by atoms with van der Waals surface area (Å²) in [6, 6.07) is 0.505. The Kier molecular flexibility index (Phi) is 15.2. The van der Waals surface area contributed by atoms with E-state index in [1.807, 2.05) is 0 Å². The Balaban J connectivity index is 1.70. The van der Waals surface area contributed by atoms with Crippen molar-refractivity contribution < 1.29 is 9.59 Å². The Hall–Kier alpha value is -1.06. The summed E-state index contributed by atoms with van der Waals surface area (Å²) in [5.74, 6) is 0.489. The molecule has 0 saturated heterocycles. The second-order valence-corrected chi connectivity index (χ2v) is 8.29. The molecule has 4 heteroatoms. The fraction of sp³-hybridized carbons (Fsp3) is 0.913. The molecule has 4 nitrogen and oxygen atoms in total. The minimum absolute atomic E-state index is 0.233. The lowest BCUT2D eigenvalue weighted by Crippen LogP contribution is -2.24. The highest BCUT2D eigenvalue weighted by Gasteiger charge is 2.22. The van der Waals surface area contributed by atoms with Gasteiger partial charge in [0.25, 0.3) is 0 Å². The van der Waals surface area contributed by atoms with Crippen molar-refractivity contribution in [1.82, 2.24) is 10.6 Å². The zero-order valence-corrected chi connectivity index (χ0v) is 17.8. The lowest BCUT2D eigenvalue weighted by molar-refractivity contribution is -0.122. The van der Waals surface area contributed by atoms with E-state index in [2.05, 4.69) is 17.6 Å². The van der Waals surface area contributed by atoms with Crippen LogP contribution in [0.1, 0.15) is 122 Å². The Bertz CT molecular complexity index is 381. The number of hydrogen-bond donors (Lipinski definition) is 2. The minimum atomic E-state index is 0.233. The zero-order valence-electron chi connectivity index (χ0n) is 17.8. The summed E-state index contributed by atoms with van der Waals surface area (Å²) in [5.41, 5.74) is 0. The fourth-order valence-corrected chi connectivity index (χ4v) is 3.38. The van der Waals surface area contributed by atoms with Gasteiger partial charge in [-0.3, -0.25) is 9.59 Å². The third-order valence-electron chi connectivity index (χ3n) is 5.35. The van der Waals surface area contributed by atoms with E-state index in [9.17, 15) is 9.59 Å². The van der Waals surface area contributed by atoms with Crippen molar-refractivity contribution in [2.75, 3.05) is 6.54 Å². The fourth-order valence-electron chi connectivity index (χ4n) is 3.38. The molecule has 0 unspecified atom stereocenters. The van der Waals surface area contributed by atoms with E-state index in [0.717, 1.165) is 25.8 Å². The molecule has 158 valence electrons. The van der Waals surface area contributed by atoms with Gasteiger partial charge in [0.05, 0.1) is 0 Å². The summed E-state index contributed by atoms with van der Waals surface area (Å²) in [6.07, 6.45) is 20.9. The molecule has 1 fully saturated rings. The van der Waals surface area contributed by atoms with Crippen molar-refractivity contribution in [3.63, 3.8) is 0 Å². The van der Waals surface area contributed by atoms with Gasteiger partial charge in [-0.05, 0) is 32.1 Å². The maximum absolute atomic E-state index is 11.6. The second kappa shape index (κ2) is 17.1. The summed E-state index contributed by atoms with van der Waals surface area (Å²) in [6.45, 7) is 3.03. The van der Waals surface area contributed by atoms with Crippen molar-refractivity contribution in [3.05, 3.63) is 0 Å². The first kappa shape index (κ1) is 24.0. The molecule has 0 heterocycles. The number of carbonyl (C=O) groups excluding carboxylic acids is 2. The third kappa shape index (κ3) is 16.8. The molecular weight excluding hydrogens is 336 g/mol. The smallest absolute Gasteiger partial charge is 0.220 e. The molecule has 0 radical (unpaired) electrons. The molecule has 0 spiro atoms. The van der Waals surface area contributed by atoms with Crippen LogP contribution >= 0.6 is 0 Å². The number of unbranched alkanes of at least 4 members (excludes halogenated alkanes) is 12. The lowest BCUT2D eigenvalue weighted by Gasteiger charge is -2.05. The number of hydrogen-bond acceptors (Lipinski definition) is 2. The van der Waals surface area contributed by atoms with E-state index in [1.54, 1.807) is 0 Å². The Labute approximate surface area is 167 Å². The van der Waals surface area contributed by atoms with Crippen LogP contribution in [0.2, 0.25) is 0 Å². The van der Waals surface area contributed by atoms with E-state index in [0.29, 0.717) is 18.9 Å². The van der Waals surface area contributed by atoms with Crippen molar-refractivity contribution in [2.24, 2.45) is 0 Å². The Morgan fingerprint density at radius 2 is 1.15 bits per heavy atom. The predicted octanol–water partition coefficient (Wildman–Crippen LogP) is 5.64. The molecule has 1 rings (SSSR count). The standard InChI is InChI=1S/C23H44N2O2/c1-2-3-15-20-24-22(26)16-13-11-9-7-5-4-6-8-10-12-14-17-23(27)25-21-18-19-21/h21H,2-20H2,1H3,(H,24,26)(H,25,27). The van der Waals surface area contributed by atoms with Crippen LogP contribution in [0.5, 0.6) is 0 Å². The van der Waals surface area contributed by atoms with Crippen LogP contribution in [0.15, 0.2) is 0 Å². The highest BCUT2D eigenvalue weighted by molar-refractivity contribution is 5.76. The molecule has 0 aliphatic heterocycles. The van der Waals surface area contributed by atoms with Gasteiger partial charge in [0.15, 0.2) is 0 Å². The average Bonchev–Trinajstić information content (AvgIpc) is 3.46. The molecule has 1 saturated carbocycles. The summed E-state index contributed by atoms with van der Waals surface area (Å²) in [7, 11) is 0. The van der Waals surface area contributed by atoms with Gasteiger partial charge < -0.3 is 10.6 Å². The van der Waals surface area contributed by atoms with Crippen LogP contribution < -0.4 is 10.6 Å². The topological polar surface area (TPSA) is 58.2 Å². The summed E-state index contributed by atoms with van der Waals surface area (Å²) in [4.78, 5) is 23.2. The SMILES string of the molecule is CCCCCNC(=O)CCCCCCCCCCCCCC(=O)NC1CC1. The highest BCUT2D eigenvalue weighted by Crippen LogP contribution is 2.19. The van der Waals surface area contributed by atoms with Gasteiger partial charge in [-0.15, -0.1) is 0 Å². The van der Waals surface area contributed by atoms with Crippen LogP contribution in [0.25, 0.3) is 0 Å². The molecule has 0 bridgehead atoms. The van der Waals surface area contributed by atoms with Crippen LogP contribution in [0.3, 0.4) is 0 Å². The summed E-state index contributed by atoms with van der Waals surface area (Å²) < 4.78 is 0. The van der Waals surface area contributed by atoms with E-state index in [-0.39, 0.29) is 11.8 Å². The van der Waals surface area contributed by atoms with E-state index < -0.39 is 0 Å². The number of rotatable bonds is 19. The molecule has 0 aromatic heterocycles. The van der Waals surface area contributed by atoms with Gasteiger partial charge in [0, 0.05) is 25.4 Å². The van der Waals surface area contributed by atoms with Gasteiger partial charge >= 0.3 is 0 Å². The first-order valence-corrected chi connectivity index (χ1v) is 11.8. The Morgan fingerprint density at radius 1 is 0.667 bits per heavy atom. The number of nitrogens with one attached hydrogen (secondary N) is 2. The van der Waals surface area contributed by atoms with Crippen molar-refractivity contribution in [2.45, 2.75) is 129 Å². The van der Waals surface area contributed by atoms with Crippen molar-refractivity contribution in [3.8, 4) is 0 Å². The maximum atomic E-state index is 11.6. The molecule has 0 aromatic carbocycles. The third-order valence-corrected chi connectivity index (χ3v) is 5.35. The monoisotopic (exact) mass is 380 g/mol. The molecule has 0 atom stereocenters. The highest BCUT2D eigenvalue weighted by atomic mass is 16.2. The molecule has 1 aliphatic carbocycles. The van der Waals surface area contributed by atoms with Crippen molar-refractivity contribution >= 4 is 11.8 Å². The molecule has 2 amide bonds. The van der Waals surface area contributed by atoms with Gasteiger partial charge in [0.1, 0.15) is 0 Å². The summed E-state index contributed by atoms with van der Waals surface area (Å²) in [5, 5.41) is 6.07. The molecule has 27 heavy (non-hydrogen) atoms. The molecular formula is C23H44N2O2. The Morgan fingerprint density at radius 3 is 1.63 bits per heavy atom. The first-order valence-electron chi connectivity index (χ1n) is 11.8. The van der Waals surface area contributed by atoms with Gasteiger partial charge in [0.2, 0.25) is 11.8 Å². The first-order chi connectivity index (χ1) is 13.2. The van der Waals surface area contributed by atoms with E-state index >= 15 is 0 Å². The molecule has 1 aliphatic rings. The maximum Gasteiger partial charge on any atom is 0.220 e. The second-order valence-electron chi connectivity index (χ2n) is 8.29. The summed E-state index contributed by atoms with van der Waals surface area (Å²) >= 11 is 0.